The number of benzene rings is 1. The number of carbonyl (C=O) groups excluding carboxylic acids is 1. The first-order valence-corrected chi connectivity index (χ1v) is 6.40. The average Bonchev–Trinajstić information content (AvgIpc) is 2.37. The molecule has 0 bridgehead atoms. The predicted molar refractivity (Wildman–Crippen MR) is 72.1 cm³/mol. The Bertz CT molecular complexity index is 448. The Balaban J connectivity index is 2.53. The van der Waals surface area contributed by atoms with Gasteiger partial charge in [0, 0.05) is 25.4 Å². The van der Waals surface area contributed by atoms with Gasteiger partial charge >= 0.3 is 0 Å². The molecule has 0 aromatic heterocycles. The smallest absolute Gasteiger partial charge is 0.151 e. The number of hydrogen-bond donors (Lipinski definition) is 0. The van der Waals surface area contributed by atoms with Crippen LogP contribution in [0.4, 0.5) is 4.39 Å². The van der Waals surface area contributed by atoms with Crippen LogP contribution in [0.1, 0.15) is 25.8 Å². The third-order valence-electron chi connectivity index (χ3n) is 2.94. The second-order valence-corrected chi connectivity index (χ2v) is 4.81. The molecular weight excluding hydrogens is 243 g/mol. The summed E-state index contributed by atoms with van der Waals surface area (Å²) in [6, 6.07) is 8.29. The van der Waals surface area contributed by atoms with Gasteiger partial charge in [0.15, 0.2) is 5.78 Å². The van der Waals surface area contributed by atoms with Crippen LogP contribution in [-0.4, -0.2) is 29.8 Å². The van der Waals surface area contributed by atoms with Gasteiger partial charge in [0.1, 0.15) is 5.82 Å². The minimum absolute atomic E-state index is 0.0817. The van der Waals surface area contributed by atoms with Gasteiger partial charge < -0.3 is 0 Å². The zero-order valence-electron chi connectivity index (χ0n) is 11.4. The molecule has 102 valence electrons. The quantitative estimate of drug-likeness (QED) is 0.758. The number of rotatable bonds is 7. The highest BCUT2D eigenvalue weighted by Crippen LogP contribution is 2.06. The molecule has 1 rings (SSSR count). The molecule has 4 heteroatoms. The van der Waals surface area contributed by atoms with Crippen molar-refractivity contribution in [1.29, 1.82) is 5.26 Å². The molecule has 0 amide bonds. The Hall–Kier alpha value is -1.73. The van der Waals surface area contributed by atoms with Crippen molar-refractivity contribution in [3.05, 3.63) is 35.6 Å². The lowest BCUT2D eigenvalue weighted by Crippen LogP contribution is -2.36. The summed E-state index contributed by atoms with van der Waals surface area (Å²) in [5.41, 5.74) is 0.815. The maximum absolute atomic E-state index is 12.8. The molecule has 1 aromatic carbocycles. The molecule has 0 atom stereocenters. The molecule has 0 spiro atoms. The third-order valence-corrected chi connectivity index (χ3v) is 2.94. The standard InChI is InChI=1S/C15H19FN2O/c1-12(2)18(9-3-8-17)11-15(19)10-13-4-6-14(16)7-5-13/h4-7,12H,3,9-11H2,1-2H3. The molecule has 0 saturated heterocycles. The second kappa shape index (κ2) is 7.65. The van der Waals surface area contributed by atoms with Crippen molar-refractivity contribution in [3.8, 4) is 6.07 Å². The Morgan fingerprint density at radius 1 is 1.37 bits per heavy atom. The summed E-state index contributed by atoms with van der Waals surface area (Å²) < 4.78 is 12.8. The summed E-state index contributed by atoms with van der Waals surface area (Å²) >= 11 is 0. The largest absolute Gasteiger partial charge is 0.298 e. The van der Waals surface area contributed by atoms with Gasteiger partial charge in [-0.05, 0) is 31.5 Å². The first-order valence-electron chi connectivity index (χ1n) is 6.40. The van der Waals surface area contributed by atoms with Crippen LogP contribution in [0, 0.1) is 17.1 Å². The lowest BCUT2D eigenvalue weighted by Gasteiger charge is -2.24. The van der Waals surface area contributed by atoms with E-state index in [9.17, 15) is 9.18 Å². The van der Waals surface area contributed by atoms with E-state index in [1.54, 1.807) is 12.1 Å². The van der Waals surface area contributed by atoms with E-state index in [0.29, 0.717) is 25.9 Å². The molecule has 0 aliphatic rings. The fourth-order valence-electron chi connectivity index (χ4n) is 1.83. The topological polar surface area (TPSA) is 44.1 Å². The highest BCUT2D eigenvalue weighted by Gasteiger charge is 2.14. The monoisotopic (exact) mass is 262 g/mol. The molecule has 0 aliphatic carbocycles. The maximum atomic E-state index is 12.8. The minimum atomic E-state index is -0.297. The lowest BCUT2D eigenvalue weighted by atomic mass is 10.1. The molecule has 0 fully saturated rings. The van der Waals surface area contributed by atoms with Crippen LogP contribution in [0.25, 0.3) is 0 Å². The predicted octanol–water partition coefficient (Wildman–Crippen LogP) is 2.56. The zero-order chi connectivity index (χ0) is 14.3. The summed E-state index contributed by atoms with van der Waals surface area (Å²) in [7, 11) is 0. The number of halogens is 1. The first-order chi connectivity index (χ1) is 9.02. The van der Waals surface area contributed by atoms with E-state index in [1.165, 1.54) is 12.1 Å². The molecule has 0 N–H and O–H groups in total. The van der Waals surface area contributed by atoms with Crippen LogP contribution in [0.5, 0.6) is 0 Å². The molecule has 0 heterocycles. The van der Waals surface area contributed by atoms with Gasteiger partial charge in [-0.2, -0.15) is 5.26 Å². The summed E-state index contributed by atoms with van der Waals surface area (Å²) in [6.45, 7) is 4.94. The molecule has 19 heavy (non-hydrogen) atoms. The van der Waals surface area contributed by atoms with E-state index in [2.05, 4.69) is 6.07 Å². The van der Waals surface area contributed by atoms with Gasteiger partial charge in [-0.3, -0.25) is 9.69 Å². The maximum Gasteiger partial charge on any atom is 0.151 e. The lowest BCUT2D eigenvalue weighted by molar-refractivity contribution is -0.120. The average molecular weight is 262 g/mol. The molecule has 0 saturated carbocycles. The van der Waals surface area contributed by atoms with Gasteiger partial charge in [0.2, 0.25) is 0 Å². The van der Waals surface area contributed by atoms with Gasteiger partial charge in [-0.25, -0.2) is 4.39 Å². The van der Waals surface area contributed by atoms with Crippen LogP contribution in [0.3, 0.4) is 0 Å². The van der Waals surface area contributed by atoms with Crippen LogP contribution < -0.4 is 0 Å². The molecule has 1 aromatic rings. The van der Waals surface area contributed by atoms with E-state index in [-0.39, 0.29) is 17.6 Å². The molecule has 0 aliphatic heterocycles. The highest BCUT2D eigenvalue weighted by molar-refractivity contribution is 5.82. The summed E-state index contributed by atoms with van der Waals surface area (Å²) in [6.07, 6.45) is 0.720. The normalized spacial score (nSPS) is 10.7. The zero-order valence-corrected chi connectivity index (χ0v) is 11.4. The highest BCUT2D eigenvalue weighted by atomic mass is 19.1. The Morgan fingerprint density at radius 2 is 2.00 bits per heavy atom. The molecular formula is C15H19FN2O. The van der Waals surface area contributed by atoms with Crippen molar-refractivity contribution in [1.82, 2.24) is 4.90 Å². The fourth-order valence-corrected chi connectivity index (χ4v) is 1.83. The number of Topliss-reactive ketones (excluding diaryl/α,β-unsaturated/α-hetero) is 1. The van der Waals surface area contributed by atoms with E-state index in [1.807, 2.05) is 18.7 Å². The van der Waals surface area contributed by atoms with Gasteiger partial charge in [-0.1, -0.05) is 12.1 Å². The number of ketones is 1. The Morgan fingerprint density at radius 3 is 2.53 bits per heavy atom. The van der Waals surface area contributed by atoms with Crippen molar-refractivity contribution < 1.29 is 9.18 Å². The van der Waals surface area contributed by atoms with Crippen LogP contribution >= 0.6 is 0 Å². The van der Waals surface area contributed by atoms with Gasteiger partial charge in [-0.15, -0.1) is 0 Å². The Kier molecular flexibility index (Phi) is 6.17. The molecule has 0 radical (unpaired) electrons. The fraction of sp³-hybridized carbons (Fsp3) is 0.467. The third kappa shape index (κ3) is 5.62. The second-order valence-electron chi connectivity index (χ2n) is 4.81. The van der Waals surface area contributed by atoms with Crippen molar-refractivity contribution in [2.24, 2.45) is 0 Å². The van der Waals surface area contributed by atoms with Crippen LogP contribution in [-0.2, 0) is 11.2 Å². The molecule has 0 unspecified atom stereocenters. The SMILES string of the molecule is CC(C)N(CCC#N)CC(=O)Cc1ccc(F)cc1. The Labute approximate surface area is 113 Å². The van der Waals surface area contributed by atoms with Crippen molar-refractivity contribution in [2.45, 2.75) is 32.7 Å². The van der Waals surface area contributed by atoms with Crippen LogP contribution in [0.2, 0.25) is 0 Å². The first kappa shape index (κ1) is 15.3. The summed E-state index contributed by atoms with van der Waals surface area (Å²) in [4.78, 5) is 13.9. The summed E-state index contributed by atoms with van der Waals surface area (Å²) in [5.74, 6) is -0.215. The van der Waals surface area contributed by atoms with E-state index in [0.717, 1.165) is 5.56 Å². The van der Waals surface area contributed by atoms with Gasteiger partial charge in [0.25, 0.3) is 0 Å². The van der Waals surface area contributed by atoms with Crippen LogP contribution in [0.15, 0.2) is 24.3 Å². The molecule has 3 nitrogen and oxygen atoms in total. The summed E-state index contributed by atoms with van der Waals surface area (Å²) in [5, 5.41) is 8.60. The number of nitrogens with zero attached hydrogens (tertiary/aromatic N) is 2. The number of carbonyl (C=O) groups is 1. The minimum Gasteiger partial charge on any atom is -0.298 e. The van der Waals surface area contributed by atoms with E-state index >= 15 is 0 Å². The number of hydrogen-bond acceptors (Lipinski definition) is 3. The van der Waals surface area contributed by atoms with Crippen molar-refractivity contribution in [2.75, 3.05) is 13.1 Å². The van der Waals surface area contributed by atoms with Crippen molar-refractivity contribution >= 4 is 5.78 Å². The number of nitriles is 1. The van der Waals surface area contributed by atoms with Crippen molar-refractivity contribution in [3.63, 3.8) is 0 Å². The van der Waals surface area contributed by atoms with E-state index < -0.39 is 0 Å². The van der Waals surface area contributed by atoms with Gasteiger partial charge in [0.05, 0.1) is 12.6 Å². The van der Waals surface area contributed by atoms with E-state index in [4.69, 9.17) is 5.26 Å².